The van der Waals surface area contributed by atoms with Gasteiger partial charge in [-0.3, -0.25) is 0 Å². The highest BCUT2D eigenvalue weighted by Crippen LogP contribution is 2.39. The fraction of sp³-hybridized carbons (Fsp3) is 0. The van der Waals surface area contributed by atoms with Crippen molar-refractivity contribution in [1.29, 1.82) is 0 Å². The van der Waals surface area contributed by atoms with Crippen LogP contribution in [-0.4, -0.2) is 4.98 Å². The summed E-state index contributed by atoms with van der Waals surface area (Å²) in [4.78, 5) is 3.67. The number of fused-ring (bicyclic) bond motifs is 8. The maximum Gasteiger partial charge on any atom is 0.143 e. The Balaban J connectivity index is 1.58. The predicted molar refractivity (Wildman–Crippen MR) is 126 cm³/mol. The van der Waals surface area contributed by atoms with Crippen molar-refractivity contribution >= 4 is 54.5 Å². The minimum atomic E-state index is 0.926. The number of nitrogens with one attached hydrogen (secondary N) is 1. The molecule has 7 aromatic rings. The molecule has 2 heterocycles. The Labute approximate surface area is 172 Å². The van der Waals surface area contributed by atoms with Gasteiger partial charge < -0.3 is 9.40 Å². The van der Waals surface area contributed by atoms with E-state index in [1.807, 2.05) is 6.07 Å². The lowest BCUT2D eigenvalue weighted by Crippen LogP contribution is -1.77. The molecule has 0 radical (unpaired) electrons. The van der Waals surface area contributed by atoms with Gasteiger partial charge in [0, 0.05) is 38.0 Å². The van der Waals surface area contributed by atoms with Gasteiger partial charge in [0.05, 0.1) is 5.52 Å². The van der Waals surface area contributed by atoms with E-state index in [0.717, 1.165) is 33.0 Å². The molecule has 0 aliphatic carbocycles. The van der Waals surface area contributed by atoms with Crippen LogP contribution >= 0.6 is 0 Å². The molecule has 140 valence electrons. The van der Waals surface area contributed by atoms with Gasteiger partial charge in [-0.05, 0) is 23.1 Å². The molecule has 2 aromatic heterocycles. The van der Waals surface area contributed by atoms with E-state index in [4.69, 9.17) is 4.42 Å². The molecule has 7 rings (SSSR count). The summed E-state index contributed by atoms with van der Waals surface area (Å²) in [5, 5.41) is 7.22. The molecule has 30 heavy (non-hydrogen) atoms. The SMILES string of the molecule is c1ccc(-c2cccc3c2oc2cc4c(cc23)[nH]c2c3ccccc3ccc42)cc1. The molecule has 0 fully saturated rings. The van der Waals surface area contributed by atoms with Crippen molar-refractivity contribution in [3.63, 3.8) is 0 Å². The number of rotatable bonds is 1. The van der Waals surface area contributed by atoms with E-state index in [0.29, 0.717) is 0 Å². The zero-order chi connectivity index (χ0) is 19.7. The van der Waals surface area contributed by atoms with E-state index in [9.17, 15) is 0 Å². The van der Waals surface area contributed by atoms with Crippen LogP contribution in [0.5, 0.6) is 0 Å². The molecule has 0 spiro atoms. The van der Waals surface area contributed by atoms with Gasteiger partial charge in [-0.2, -0.15) is 0 Å². The molecule has 5 aromatic carbocycles. The first-order chi connectivity index (χ1) is 14.9. The average Bonchev–Trinajstić information content (AvgIpc) is 3.35. The molecule has 2 nitrogen and oxygen atoms in total. The molecule has 0 saturated heterocycles. The third-order valence-electron chi connectivity index (χ3n) is 6.20. The summed E-state index contributed by atoms with van der Waals surface area (Å²) in [5.74, 6) is 0. The number of aromatic nitrogens is 1. The van der Waals surface area contributed by atoms with Crippen LogP contribution in [0.1, 0.15) is 0 Å². The summed E-state index contributed by atoms with van der Waals surface area (Å²) in [5.41, 5.74) is 6.50. The third kappa shape index (κ3) is 2.08. The van der Waals surface area contributed by atoms with Gasteiger partial charge in [-0.25, -0.2) is 0 Å². The lowest BCUT2D eigenvalue weighted by atomic mass is 10.0. The number of para-hydroxylation sites is 1. The van der Waals surface area contributed by atoms with Crippen molar-refractivity contribution in [3.05, 3.63) is 97.1 Å². The Hall–Kier alpha value is -4.04. The van der Waals surface area contributed by atoms with Crippen molar-refractivity contribution in [2.75, 3.05) is 0 Å². The summed E-state index contributed by atoms with van der Waals surface area (Å²) in [6.45, 7) is 0. The van der Waals surface area contributed by atoms with E-state index in [1.54, 1.807) is 0 Å². The van der Waals surface area contributed by atoms with Crippen LogP contribution in [-0.2, 0) is 0 Å². The van der Waals surface area contributed by atoms with Crippen LogP contribution in [0, 0.1) is 0 Å². The van der Waals surface area contributed by atoms with Crippen LogP contribution in [0.25, 0.3) is 65.6 Å². The molecule has 0 aliphatic heterocycles. The maximum absolute atomic E-state index is 6.44. The fourth-order valence-electron chi connectivity index (χ4n) is 4.78. The maximum atomic E-state index is 6.44. The van der Waals surface area contributed by atoms with Gasteiger partial charge >= 0.3 is 0 Å². The molecule has 1 N–H and O–H groups in total. The topological polar surface area (TPSA) is 28.9 Å². The van der Waals surface area contributed by atoms with Crippen molar-refractivity contribution < 1.29 is 4.42 Å². The van der Waals surface area contributed by atoms with Gasteiger partial charge in [0.2, 0.25) is 0 Å². The molecule has 0 atom stereocenters. The van der Waals surface area contributed by atoms with Crippen molar-refractivity contribution in [3.8, 4) is 11.1 Å². The lowest BCUT2D eigenvalue weighted by molar-refractivity contribution is 0.670. The second-order valence-electron chi connectivity index (χ2n) is 7.88. The number of hydrogen-bond acceptors (Lipinski definition) is 1. The van der Waals surface area contributed by atoms with Gasteiger partial charge in [-0.15, -0.1) is 0 Å². The summed E-state index contributed by atoms with van der Waals surface area (Å²) >= 11 is 0. The summed E-state index contributed by atoms with van der Waals surface area (Å²) in [6.07, 6.45) is 0. The highest BCUT2D eigenvalue weighted by atomic mass is 16.3. The van der Waals surface area contributed by atoms with Gasteiger partial charge in [-0.1, -0.05) is 84.9 Å². The lowest BCUT2D eigenvalue weighted by Gasteiger charge is -2.01. The largest absolute Gasteiger partial charge is 0.455 e. The molecular formula is C28H17NO. The standard InChI is InChI=1S/C28H17NO/c1-2-7-17(8-3-1)20-11-6-12-22-24-15-25-23(16-26(24)30-28(20)22)21-14-13-18-9-4-5-10-19(18)27(21)29-25/h1-16,29H. The second kappa shape index (κ2) is 5.74. The quantitative estimate of drug-likeness (QED) is 0.305. The Morgan fingerprint density at radius 2 is 1.40 bits per heavy atom. The Morgan fingerprint density at radius 1 is 0.567 bits per heavy atom. The van der Waals surface area contributed by atoms with E-state index >= 15 is 0 Å². The third-order valence-corrected chi connectivity index (χ3v) is 6.20. The van der Waals surface area contributed by atoms with Crippen LogP contribution in [0.15, 0.2) is 101 Å². The van der Waals surface area contributed by atoms with Gasteiger partial charge in [0.15, 0.2) is 0 Å². The second-order valence-corrected chi connectivity index (χ2v) is 7.88. The van der Waals surface area contributed by atoms with E-state index in [1.165, 1.54) is 32.6 Å². The zero-order valence-corrected chi connectivity index (χ0v) is 16.1. The Kier molecular flexibility index (Phi) is 3.03. The van der Waals surface area contributed by atoms with Gasteiger partial charge in [0.25, 0.3) is 0 Å². The van der Waals surface area contributed by atoms with Crippen LogP contribution in [0.4, 0.5) is 0 Å². The fourth-order valence-corrected chi connectivity index (χ4v) is 4.78. The minimum absolute atomic E-state index is 0.926. The summed E-state index contributed by atoms with van der Waals surface area (Å²) < 4.78 is 6.44. The summed E-state index contributed by atoms with van der Waals surface area (Å²) in [7, 11) is 0. The first kappa shape index (κ1) is 15.8. The van der Waals surface area contributed by atoms with Crippen molar-refractivity contribution in [1.82, 2.24) is 4.98 Å². The molecule has 0 aliphatic rings. The Morgan fingerprint density at radius 3 is 2.33 bits per heavy atom. The number of furan rings is 1. The predicted octanol–water partition coefficient (Wildman–Crippen LogP) is 8.04. The zero-order valence-electron chi connectivity index (χ0n) is 16.1. The van der Waals surface area contributed by atoms with E-state index in [-0.39, 0.29) is 0 Å². The number of benzene rings is 5. The first-order valence-electron chi connectivity index (χ1n) is 10.2. The number of hydrogen-bond donors (Lipinski definition) is 1. The monoisotopic (exact) mass is 383 g/mol. The highest BCUT2D eigenvalue weighted by Gasteiger charge is 2.15. The van der Waals surface area contributed by atoms with Crippen LogP contribution in [0.2, 0.25) is 0 Å². The van der Waals surface area contributed by atoms with Crippen LogP contribution in [0.3, 0.4) is 0 Å². The normalized spacial score (nSPS) is 12.0. The summed E-state index contributed by atoms with van der Waals surface area (Å²) in [6, 6.07) is 34.2. The number of aromatic amines is 1. The average molecular weight is 383 g/mol. The Bertz CT molecular complexity index is 1740. The molecule has 0 bridgehead atoms. The molecule has 0 amide bonds. The molecule has 2 heteroatoms. The number of H-pyrrole nitrogens is 1. The molecule has 0 saturated carbocycles. The van der Waals surface area contributed by atoms with Crippen LogP contribution < -0.4 is 0 Å². The van der Waals surface area contributed by atoms with E-state index in [2.05, 4.69) is 96.0 Å². The first-order valence-corrected chi connectivity index (χ1v) is 10.2. The molecular weight excluding hydrogens is 366 g/mol. The minimum Gasteiger partial charge on any atom is -0.455 e. The van der Waals surface area contributed by atoms with Gasteiger partial charge in [0.1, 0.15) is 11.2 Å². The van der Waals surface area contributed by atoms with Crippen molar-refractivity contribution in [2.24, 2.45) is 0 Å². The van der Waals surface area contributed by atoms with Crippen molar-refractivity contribution in [2.45, 2.75) is 0 Å². The smallest absolute Gasteiger partial charge is 0.143 e. The van der Waals surface area contributed by atoms with E-state index < -0.39 is 0 Å². The highest BCUT2D eigenvalue weighted by molar-refractivity contribution is 6.21. The molecule has 0 unspecified atom stereocenters.